The molecule has 0 spiro atoms. The van der Waals surface area contributed by atoms with Crippen LogP contribution in [-0.2, 0) is 16.4 Å². The zero-order valence-corrected chi connectivity index (χ0v) is 23.7. The van der Waals surface area contributed by atoms with Crippen LogP contribution in [0.3, 0.4) is 0 Å². The van der Waals surface area contributed by atoms with Crippen molar-refractivity contribution in [3.05, 3.63) is 53.4 Å². The van der Waals surface area contributed by atoms with Crippen molar-refractivity contribution in [1.29, 1.82) is 0 Å². The molecule has 210 valence electrons. The highest BCUT2D eigenvalue weighted by Crippen LogP contribution is 2.44. The number of fused-ring (bicyclic) bond motifs is 1. The van der Waals surface area contributed by atoms with E-state index in [4.69, 9.17) is 9.84 Å². The third-order valence-electron chi connectivity index (χ3n) is 9.04. The van der Waals surface area contributed by atoms with Gasteiger partial charge in [0.25, 0.3) is 0 Å². The Balaban J connectivity index is 1.06. The van der Waals surface area contributed by atoms with Crippen LogP contribution in [0.2, 0.25) is 0 Å². The first kappa shape index (κ1) is 26.7. The Bertz CT molecular complexity index is 1320. The van der Waals surface area contributed by atoms with E-state index >= 15 is 0 Å². The number of hydrogen-bond acceptors (Lipinski definition) is 7. The predicted molar refractivity (Wildman–Crippen MR) is 152 cm³/mol. The third kappa shape index (κ3) is 5.72. The summed E-state index contributed by atoms with van der Waals surface area (Å²) in [6.45, 7) is 5.09. The Labute approximate surface area is 232 Å². The quantitative estimate of drug-likeness (QED) is 0.467. The van der Waals surface area contributed by atoms with Gasteiger partial charge in [-0.3, -0.25) is 0 Å². The van der Waals surface area contributed by atoms with Crippen LogP contribution in [0.5, 0.6) is 5.75 Å². The molecule has 1 aromatic heterocycles. The molecule has 6 rings (SSSR count). The van der Waals surface area contributed by atoms with Crippen LogP contribution in [0.1, 0.15) is 74.5 Å². The minimum atomic E-state index is -3.28. The van der Waals surface area contributed by atoms with E-state index in [2.05, 4.69) is 46.1 Å². The van der Waals surface area contributed by atoms with Crippen molar-refractivity contribution in [2.45, 2.75) is 69.8 Å². The van der Waals surface area contributed by atoms with Gasteiger partial charge in [-0.2, -0.15) is 4.31 Å². The van der Waals surface area contributed by atoms with Crippen molar-refractivity contribution in [1.82, 2.24) is 14.3 Å². The normalized spacial score (nSPS) is 24.4. The van der Waals surface area contributed by atoms with Crippen LogP contribution in [0, 0.1) is 5.92 Å². The second-order valence-electron chi connectivity index (χ2n) is 11.9. The van der Waals surface area contributed by atoms with Crippen molar-refractivity contribution in [2.75, 3.05) is 43.4 Å². The van der Waals surface area contributed by atoms with Gasteiger partial charge in [0.2, 0.25) is 16.0 Å². The standard InChI is InChI=1S/C30H40N4O4S/c1-30(27-10-12-33(13-11-27)29-31-20-26(21-32-29)22-4-5-22)19-25-18-24(6-7-28(25)38-30)23-8-14-34(15-9-23)39(36,37)17-3-2-16-35/h6-8,18,20-22,27,35H,2-5,9-17,19H2,1H3. The van der Waals surface area contributed by atoms with Gasteiger partial charge in [0.1, 0.15) is 11.4 Å². The van der Waals surface area contributed by atoms with Crippen LogP contribution < -0.4 is 9.64 Å². The van der Waals surface area contributed by atoms with E-state index in [1.165, 1.54) is 35.1 Å². The molecule has 0 bridgehead atoms. The molecular formula is C30H40N4O4S. The largest absolute Gasteiger partial charge is 0.487 e. The van der Waals surface area contributed by atoms with Gasteiger partial charge in [-0.25, -0.2) is 18.4 Å². The van der Waals surface area contributed by atoms with Gasteiger partial charge < -0.3 is 14.7 Å². The van der Waals surface area contributed by atoms with E-state index in [-0.39, 0.29) is 18.0 Å². The van der Waals surface area contributed by atoms with Gasteiger partial charge in [0.15, 0.2) is 0 Å². The average molecular weight is 553 g/mol. The van der Waals surface area contributed by atoms with Crippen LogP contribution in [-0.4, -0.2) is 71.9 Å². The van der Waals surface area contributed by atoms with Crippen molar-refractivity contribution in [2.24, 2.45) is 5.92 Å². The van der Waals surface area contributed by atoms with Gasteiger partial charge in [0.05, 0.1) is 5.75 Å². The summed E-state index contributed by atoms with van der Waals surface area (Å²) in [4.78, 5) is 11.6. The number of rotatable bonds is 9. The highest BCUT2D eigenvalue weighted by atomic mass is 32.2. The Morgan fingerprint density at radius 2 is 1.85 bits per heavy atom. The fraction of sp³-hybridized carbons (Fsp3) is 0.600. The topological polar surface area (TPSA) is 95.9 Å². The average Bonchev–Trinajstić information content (AvgIpc) is 3.74. The van der Waals surface area contributed by atoms with Crippen molar-refractivity contribution < 1.29 is 18.3 Å². The van der Waals surface area contributed by atoms with Gasteiger partial charge in [-0.1, -0.05) is 12.1 Å². The molecule has 1 aliphatic carbocycles. The lowest BCUT2D eigenvalue weighted by atomic mass is 9.79. The molecule has 1 saturated carbocycles. The molecular weight excluding hydrogens is 512 g/mol. The number of aliphatic hydroxyl groups excluding tert-OH is 1. The fourth-order valence-electron chi connectivity index (χ4n) is 6.41. The number of aromatic nitrogens is 2. The van der Waals surface area contributed by atoms with Gasteiger partial charge >= 0.3 is 0 Å². The maximum atomic E-state index is 12.6. The molecule has 2 aromatic rings. The number of aliphatic hydroxyl groups is 1. The summed E-state index contributed by atoms with van der Waals surface area (Å²) in [6, 6.07) is 6.47. The van der Waals surface area contributed by atoms with Crippen LogP contribution >= 0.6 is 0 Å². The summed E-state index contributed by atoms with van der Waals surface area (Å²) in [7, 11) is -3.28. The Morgan fingerprint density at radius 1 is 1.08 bits per heavy atom. The van der Waals surface area contributed by atoms with Crippen molar-refractivity contribution in [3.8, 4) is 5.75 Å². The van der Waals surface area contributed by atoms with Crippen LogP contribution in [0.25, 0.3) is 5.57 Å². The number of ether oxygens (including phenoxy) is 1. The SMILES string of the molecule is CC1(C2CCN(c3ncc(C4CC4)cn3)CC2)Cc2cc(C3=CCN(S(=O)(=O)CCCCO)CC3)ccc2O1. The molecule has 0 radical (unpaired) electrons. The molecule has 8 nitrogen and oxygen atoms in total. The zero-order chi connectivity index (χ0) is 27.0. The lowest BCUT2D eigenvalue weighted by Crippen LogP contribution is -2.46. The van der Waals surface area contributed by atoms with E-state index in [0.717, 1.165) is 44.0 Å². The molecule has 4 aliphatic rings. The zero-order valence-electron chi connectivity index (χ0n) is 22.9. The number of unbranched alkanes of at least 4 members (excludes halogenated alkanes) is 1. The molecule has 9 heteroatoms. The number of sulfonamides is 1. The number of anilines is 1. The number of hydrogen-bond donors (Lipinski definition) is 1. The molecule has 1 saturated heterocycles. The van der Waals surface area contributed by atoms with Crippen molar-refractivity contribution in [3.63, 3.8) is 0 Å². The Kier molecular flexibility index (Phi) is 7.41. The Morgan fingerprint density at radius 3 is 2.51 bits per heavy atom. The molecule has 1 unspecified atom stereocenters. The molecule has 1 N–H and O–H groups in total. The summed E-state index contributed by atoms with van der Waals surface area (Å²) in [6.07, 6.45) is 13.3. The molecule has 2 fully saturated rings. The second-order valence-corrected chi connectivity index (χ2v) is 13.9. The van der Waals surface area contributed by atoms with E-state index < -0.39 is 10.0 Å². The summed E-state index contributed by atoms with van der Waals surface area (Å²) >= 11 is 0. The van der Waals surface area contributed by atoms with Crippen molar-refractivity contribution >= 4 is 21.5 Å². The fourth-order valence-corrected chi connectivity index (χ4v) is 7.91. The molecule has 4 heterocycles. The smallest absolute Gasteiger partial charge is 0.225 e. The Hall–Kier alpha value is -2.49. The second kappa shape index (κ2) is 10.8. The first-order valence-electron chi connectivity index (χ1n) is 14.5. The molecule has 39 heavy (non-hydrogen) atoms. The molecule has 1 atom stereocenters. The monoisotopic (exact) mass is 552 g/mol. The van der Waals surface area contributed by atoms with Gasteiger partial charge in [0, 0.05) is 57.5 Å². The predicted octanol–water partition coefficient (Wildman–Crippen LogP) is 4.16. The maximum absolute atomic E-state index is 12.6. The number of piperidine rings is 1. The molecule has 0 amide bonds. The molecule has 1 aromatic carbocycles. The van der Waals surface area contributed by atoms with E-state index in [0.29, 0.717) is 44.2 Å². The summed E-state index contributed by atoms with van der Waals surface area (Å²) in [5.41, 5.74) is 4.67. The van der Waals surface area contributed by atoms with E-state index in [9.17, 15) is 8.42 Å². The minimum Gasteiger partial charge on any atom is -0.487 e. The van der Waals surface area contributed by atoms with Gasteiger partial charge in [-0.15, -0.1) is 0 Å². The van der Waals surface area contributed by atoms with E-state index in [1.54, 1.807) is 4.31 Å². The lowest BCUT2D eigenvalue weighted by molar-refractivity contribution is 0.0349. The highest BCUT2D eigenvalue weighted by Gasteiger charge is 2.43. The minimum absolute atomic E-state index is 0.0313. The van der Waals surface area contributed by atoms with Crippen LogP contribution in [0.4, 0.5) is 5.95 Å². The summed E-state index contributed by atoms with van der Waals surface area (Å²) < 4.78 is 33.4. The maximum Gasteiger partial charge on any atom is 0.225 e. The summed E-state index contributed by atoms with van der Waals surface area (Å²) in [5.74, 6) is 3.07. The summed E-state index contributed by atoms with van der Waals surface area (Å²) in [5, 5.41) is 8.95. The highest BCUT2D eigenvalue weighted by molar-refractivity contribution is 7.89. The first-order valence-corrected chi connectivity index (χ1v) is 16.1. The lowest BCUT2D eigenvalue weighted by Gasteiger charge is -2.40. The van der Waals surface area contributed by atoms with E-state index in [1.807, 2.05) is 12.4 Å². The van der Waals surface area contributed by atoms with Gasteiger partial charge in [-0.05, 0) is 92.2 Å². The first-order chi connectivity index (χ1) is 18.8. The third-order valence-corrected chi connectivity index (χ3v) is 11.0. The van der Waals surface area contributed by atoms with Crippen LogP contribution in [0.15, 0.2) is 36.7 Å². The number of benzene rings is 1. The molecule has 3 aliphatic heterocycles. The number of nitrogens with zero attached hydrogens (tertiary/aromatic N) is 4.